The van der Waals surface area contributed by atoms with Crippen LogP contribution in [0.15, 0.2) is 12.1 Å². The minimum absolute atomic E-state index is 0. The molecule has 1 heterocycles. The fourth-order valence-corrected chi connectivity index (χ4v) is 3.04. The van der Waals surface area contributed by atoms with Crippen molar-refractivity contribution in [3.8, 4) is 5.75 Å². The first-order chi connectivity index (χ1) is 9.50. The highest BCUT2D eigenvalue weighted by Crippen LogP contribution is 2.39. The predicted molar refractivity (Wildman–Crippen MR) is 94.2 cm³/mol. The summed E-state index contributed by atoms with van der Waals surface area (Å²) >= 11 is 6.23. The Morgan fingerprint density at radius 2 is 1.86 bits per heavy atom. The zero-order chi connectivity index (χ0) is 14.7. The van der Waals surface area contributed by atoms with Crippen molar-refractivity contribution in [2.75, 3.05) is 26.2 Å². The third kappa shape index (κ3) is 5.14. The van der Waals surface area contributed by atoms with Gasteiger partial charge in [-0.3, -0.25) is 4.90 Å². The van der Waals surface area contributed by atoms with E-state index in [0.29, 0.717) is 16.5 Å². The Kier molecular flexibility index (Phi) is 9.67. The van der Waals surface area contributed by atoms with Crippen molar-refractivity contribution in [1.82, 2.24) is 10.2 Å². The summed E-state index contributed by atoms with van der Waals surface area (Å²) in [7, 11) is 0. The second-order valence-electron chi connectivity index (χ2n) is 5.72. The molecule has 0 bridgehead atoms. The zero-order valence-electron chi connectivity index (χ0n) is 12.8. The Bertz CT molecular complexity index is 468. The summed E-state index contributed by atoms with van der Waals surface area (Å²) in [5.41, 5.74) is 0.530. The highest BCUT2D eigenvalue weighted by atomic mass is 35.5. The molecule has 3 nitrogen and oxygen atoms in total. The topological polar surface area (TPSA) is 35.5 Å². The lowest BCUT2D eigenvalue weighted by atomic mass is 9.94. The number of nitrogens with one attached hydrogen (secondary N) is 1. The molecule has 2 N–H and O–H groups in total. The third-order valence-electron chi connectivity index (χ3n) is 3.73. The lowest BCUT2D eigenvalue weighted by Gasteiger charge is -2.36. The summed E-state index contributed by atoms with van der Waals surface area (Å²) < 4.78 is 13.7. The molecule has 1 atom stereocenters. The van der Waals surface area contributed by atoms with Gasteiger partial charge >= 0.3 is 0 Å². The molecule has 7 heteroatoms. The van der Waals surface area contributed by atoms with Gasteiger partial charge < -0.3 is 10.4 Å². The molecule has 1 aromatic carbocycles. The van der Waals surface area contributed by atoms with Gasteiger partial charge in [0.25, 0.3) is 0 Å². The average molecular weight is 374 g/mol. The van der Waals surface area contributed by atoms with Gasteiger partial charge in [-0.2, -0.15) is 0 Å². The van der Waals surface area contributed by atoms with Gasteiger partial charge in [0.2, 0.25) is 0 Å². The van der Waals surface area contributed by atoms with Crippen LogP contribution in [-0.2, 0) is 0 Å². The summed E-state index contributed by atoms with van der Waals surface area (Å²) in [5, 5.41) is 13.8. The maximum atomic E-state index is 13.7. The second kappa shape index (κ2) is 9.78. The molecule has 0 amide bonds. The number of piperazine rings is 1. The molecule has 0 aromatic heterocycles. The first-order valence-corrected chi connectivity index (χ1v) is 7.50. The van der Waals surface area contributed by atoms with Crippen molar-refractivity contribution < 1.29 is 9.50 Å². The van der Waals surface area contributed by atoms with E-state index in [1.165, 1.54) is 12.1 Å². The number of phenolic OH excluding ortho intramolecular Hbond substituents is 1. The van der Waals surface area contributed by atoms with E-state index >= 15 is 0 Å². The Labute approximate surface area is 149 Å². The third-order valence-corrected chi connectivity index (χ3v) is 4.06. The molecule has 0 spiro atoms. The summed E-state index contributed by atoms with van der Waals surface area (Å²) in [6.07, 6.45) is 0.844. The number of hydrogen-bond acceptors (Lipinski definition) is 3. The van der Waals surface area contributed by atoms with Crippen molar-refractivity contribution >= 4 is 36.4 Å². The van der Waals surface area contributed by atoms with Gasteiger partial charge in [-0.05, 0) is 24.5 Å². The van der Waals surface area contributed by atoms with Crippen LogP contribution in [-0.4, -0.2) is 36.2 Å². The van der Waals surface area contributed by atoms with E-state index in [2.05, 4.69) is 24.1 Å². The van der Waals surface area contributed by atoms with Crippen molar-refractivity contribution in [3.63, 3.8) is 0 Å². The van der Waals surface area contributed by atoms with Crippen LogP contribution in [0.5, 0.6) is 5.75 Å². The summed E-state index contributed by atoms with van der Waals surface area (Å²) in [6, 6.07) is 2.70. The van der Waals surface area contributed by atoms with E-state index in [-0.39, 0.29) is 36.6 Å². The maximum Gasteiger partial charge on any atom is 0.165 e. The Morgan fingerprint density at radius 3 is 2.41 bits per heavy atom. The number of rotatable bonds is 4. The molecule has 128 valence electrons. The molecule has 0 unspecified atom stereocenters. The van der Waals surface area contributed by atoms with Crippen LogP contribution in [0.1, 0.15) is 31.9 Å². The first kappa shape index (κ1) is 21.7. The SMILES string of the molecule is CC(C)C[C@H](c1c(Cl)ccc(F)c1O)N1CCNCC1.Cl.Cl. The van der Waals surface area contributed by atoms with E-state index in [4.69, 9.17) is 11.6 Å². The average Bonchev–Trinajstić information content (AvgIpc) is 2.43. The Morgan fingerprint density at radius 1 is 1.27 bits per heavy atom. The number of nitrogens with zero attached hydrogens (tertiary/aromatic N) is 1. The number of benzene rings is 1. The Hall–Kier alpha value is -0.260. The maximum absolute atomic E-state index is 13.7. The van der Waals surface area contributed by atoms with Gasteiger partial charge in [-0.1, -0.05) is 25.4 Å². The predicted octanol–water partition coefficient (Wildman–Crippen LogP) is 4.02. The van der Waals surface area contributed by atoms with Gasteiger partial charge in [0, 0.05) is 42.8 Å². The standard InChI is InChI=1S/C15H22ClFN2O.2ClH/c1-10(2)9-13(19-7-5-18-6-8-19)14-11(16)3-4-12(17)15(14)20;;/h3-4,10,13,18,20H,5-9H2,1-2H3;2*1H/t13-;;/m1../s1. The molecule has 22 heavy (non-hydrogen) atoms. The van der Waals surface area contributed by atoms with Gasteiger partial charge in [-0.25, -0.2) is 4.39 Å². The van der Waals surface area contributed by atoms with E-state index in [9.17, 15) is 9.50 Å². The minimum Gasteiger partial charge on any atom is -0.505 e. The first-order valence-electron chi connectivity index (χ1n) is 7.12. The molecule has 1 saturated heterocycles. The molecule has 0 saturated carbocycles. The largest absolute Gasteiger partial charge is 0.505 e. The lowest BCUT2D eigenvalue weighted by molar-refractivity contribution is 0.151. The van der Waals surface area contributed by atoms with Crippen LogP contribution in [0.25, 0.3) is 0 Å². The van der Waals surface area contributed by atoms with Crippen LogP contribution >= 0.6 is 36.4 Å². The number of aromatic hydroxyl groups is 1. The highest BCUT2D eigenvalue weighted by molar-refractivity contribution is 6.31. The Balaban J connectivity index is 0.00000220. The van der Waals surface area contributed by atoms with Crippen LogP contribution in [0.2, 0.25) is 5.02 Å². The molecule has 1 fully saturated rings. The number of hydrogen-bond donors (Lipinski definition) is 2. The van der Waals surface area contributed by atoms with Crippen molar-refractivity contribution in [1.29, 1.82) is 0 Å². The molecule has 0 aliphatic carbocycles. The monoisotopic (exact) mass is 372 g/mol. The van der Waals surface area contributed by atoms with Gasteiger partial charge in [-0.15, -0.1) is 24.8 Å². The van der Waals surface area contributed by atoms with E-state index < -0.39 is 5.82 Å². The van der Waals surface area contributed by atoms with Crippen molar-refractivity contribution in [3.05, 3.63) is 28.5 Å². The molecular weight excluding hydrogens is 350 g/mol. The fraction of sp³-hybridized carbons (Fsp3) is 0.600. The smallest absolute Gasteiger partial charge is 0.165 e. The summed E-state index contributed by atoms with van der Waals surface area (Å²) in [4.78, 5) is 2.27. The lowest BCUT2D eigenvalue weighted by Crippen LogP contribution is -2.45. The molecule has 1 aromatic rings. The van der Waals surface area contributed by atoms with E-state index in [0.717, 1.165) is 32.6 Å². The zero-order valence-corrected chi connectivity index (χ0v) is 15.2. The van der Waals surface area contributed by atoms with Crippen molar-refractivity contribution in [2.24, 2.45) is 5.92 Å². The van der Waals surface area contributed by atoms with Gasteiger partial charge in [0.15, 0.2) is 11.6 Å². The van der Waals surface area contributed by atoms with Gasteiger partial charge in [0.1, 0.15) is 0 Å². The second-order valence-corrected chi connectivity index (χ2v) is 6.13. The van der Waals surface area contributed by atoms with Crippen LogP contribution in [0.4, 0.5) is 4.39 Å². The van der Waals surface area contributed by atoms with Gasteiger partial charge in [0.05, 0.1) is 0 Å². The summed E-state index contributed by atoms with van der Waals surface area (Å²) in [5.74, 6) is -0.469. The molecule has 2 rings (SSSR count). The van der Waals surface area contributed by atoms with E-state index in [1.54, 1.807) is 0 Å². The highest BCUT2D eigenvalue weighted by Gasteiger charge is 2.28. The summed E-state index contributed by atoms with van der Waals surface area (Å²) in [6.45, 7) is 7.82. The molecule has 1 aliphatic heterocycles. The molecule has 0 radical (unpaired) electrons. The normalized spacial score (nSPS) is 16.8. The van der Waals surface area contributed by atoms with Crippen molar-refractivity contribution in [2.45, 2.75) is 26.3 Å². The quantitative estimate of drug-likeness (QED) is 0.836. The van der Waals surface area contributed by atoms with Crippen LogP contribution in [0, 0.1) is 11.7 Å². The molecule has 1 aliphatic rings. The molecular formula is C15H24Cl3FN2O. The van der Waals surface area contributed by atoms with Crippen LogP contribution < -0.4 is 5.32 Å². The van der Waals surface area contributed by atoms with Crippen LogP contribution in [0.3, 0.4) is 0 Å². The number of phenols is 1. The van der Waals surface area contributed by atoms with E-state index in [1.807, 2.05) is 0 Å². The fourth-order valence-electron chi connectivity index (χ4n) is 2.76. The number of halogens is 4. The minimum atomic E-state index is -0.603.